The maximum Gasteiger partial charge on any atom is 0.410 e. The molecule has 6 rings (SSSR count). The molecule has 2 aliphatic carbocycles. The van der Waals surface area contributed by atoms with Crippen molar-refractivity contribution in [1.29, 1.82) is 0 Å². The number of rotatable bonds is 5. The van der Waals surface area contributed by atoms with Crippen LogP contribution in [-0.2, 0) is 30.4 Å². The number of alkyl carbamates (subject to hydrolysis) is 1. The molecule has 3 aliphatic heterocycles. The maximum absolute atomic E-state index is 14.3. The first-order valence-corrected chi connectivity index (χ1v) is 19.0. The molecule has 2 saturated carbocycles. The Morgan fingerprint density at radius 1 is 1.04 bits per heavy atom. The summed E-state index contributed by atoms with van der Waals surface area (Å²) in [6.45, 7) is 8.20. The summed E-state index contributed by atoms with van der Waals surface area (Å²) in [6, 6.07) is 6.07. The standard InChI is InChI=1S/C37H51N5O7S/c1-23-20-41(21-24-12-10-11-14-28(23)24)35(47)48-26-18-30-31(43)39-37(33(45)40-50-27-16-17-27)19-25(37)13-8-6-5-7-9-15-29(32(44)42(30)22-26)38-34(46)49-36(2,3)4/h8,10-14,23,25-27,29-30H,5-7,9,15-22H2,1-4H3,(H,38,46)(H,39,43)(H,40,45)/b13-8-/t23-,25+,26+,29-,30-,37+/m0/s1. The van der Waals surface area contributed by atoms with E-state index < -0.39 is 53.3 Å². The van der Waals surface area contributed by atoms with Gasteiger partial charge < -0.3 is 29.9 Å². The van der Waals surface area contributed by atoms with E-state index in [2.05, 4.69) is 34.4 Å². The molecule has 3 fully saturated rings. The van der Waals surface area contributed by atoms with E-state index in [4.69, 9.17) is 9.47 Å². The first kappa shape index (κ1) is 36.1. The van der Waals surface area contributed by atoms with Crippen LogP contribution in [0.4, 0.5) is 9.59 Å². The van der Waals surface area contributed by atoms with Crippen molar-refractivity contribution in [2.45, 2.75) is 133 Å². The van der Waals surface area contributed by atoms with Gasteiger partial charge in [-0.2, -0.15) is 0 Å². The van der Waals surface area contributed by atoms with E-state index in [1.165, 1.54) is 22.4 Å². The van der Waals surface area contributed by atoms with Gasteiger partial charge in [0.25, 0.3) is 5.91 Å². The minimum absolute atomic E-state index is 0.0187. The van der Waals surface area contributed by atoms with Crippen molar-refractivity contribution in [2.75, 3.05) is 13.1 Å². The van der Waals surface area contributed by atoms with Gasteiger partial charge in [-0.25, -0.2) is 9.59 Å². The lowest BCUT2D eigenvalue weighted by Crippen LogP contribution is -2.57. The van der Waals surface area contributed by atoms with Crippen LogP contribution in [-0.4, -0.2) is 87.4 Å². The highest BCUT2D eigenvalue weighted by Gasteiger charge is 2.61. The molecular weight excluding hydrogens is 659 g/mol. The molecular formula is C37H51N5O7S. The van der Waals surface area contributed by atoms with Crippen molar-refractivity contribution in [2.24, 2.45) is 5.92 Å². The highest BCUT2D eigenvalue weighted by Crippen LogP contribution is 2.46. The molecule has 0 spiro atoms. The van der Waals surface area contributed by atoms with Crippen LogP contribution in [0.5, 0.6) is 0 Å². The fourth-order valence-electron chi connectivity index (χ4n) is 7.24. The van der Waals surface area contributed by atoms with E-state index in [1.54, 1.807) is 25.7 Å². The van der Waals surface area contributed by atoms with E-state index in [0.29, 0.717) is 37.6 Å². The lowest BCUT2D eigenvalue weighted by Gasteiger charge is -2.33. The van der Waals surface area contributed by atoms with Crippen LogP contribution in [0, 0.1) is 5.92 Å². The van der Waals surface area contributed by atoms with Gasteiger partial charge in [-0.15, -0.1) is 0 Å². The average molecular weight is 710 g/mol. The monoisotopic (exact) mass is 709 g/mol. The second-order valence-corrected chi connectivity index (χ2v) is 16.6. The van der Waals surface area contributed by atoms with E-state index in [9.17, 15) is 24.0 Å². The minimum Gasteiger partial charge on any atom is -0.444 e. The predicted molar refractivity (Wildman–Crippen MR) is 189 cm³/mol. The SMILES string of the molecule is C[C@H]1CN(C(=O)O[C@@H]2C[C@H]3C(=O)N[C@]4(C(=O)NSC5CC5)C[C@H]4/C=C\CCCCC[C@H](NC(=O)OC(C)(C)C)C(=O)N3C2)Cc2ccccc21. The van der Waals surface area contributed by atoms with Gasteiger partial charge in [-0.1, -0.05) is 56.2 Å². The molecule has 0 bridgehead atoms. The van der Waals surface area contributed by atoms with Crippen molar-refractivity contribution in [3.8, 4) is 0 Å². The summed E-state index contributed by atoms with van der Waals surface area (Å²) in [6.07, 6.45) is 8.28. The number of carbonyl (C=O) groups is 5. The summed E-state index contributed by atoms with van der Waals surface area (Å²) in [4.78, 5) is 71.7. The number of amides is 5. The Morgan fingerprint density at radius 3 is 2.58 bits per heavy atom. The fraction of sp³-hybridized carbons (Fsp3) is 0.649. The number of fused-ring (bicyclic) bond motifs is 3. The Kier molecular flexibility index (Phi) is 10.7. The van der Waals surface area contributed by atoms with E-state index in [1.807, 2.05) is 24.3 Å². The first-order chi connectivity index (χ1) is 23.8. The molecule has 5 aliphatic rings. The smallest absolute Gasteiger partial charge is 0.410 e. The Bertz CT molecular complexity index is 1510. The summed E-state index contributed by atoms with van der Waals surface area (Å²) in [5.41, 5.74) is 0.374. The Morgan fingerprint density at radius 2 is 1.82 bits per heavy atom. The number of nitrogens with one attached hydrogen (secondary N) is 3. The molecule has 12 nitrogen and oxygen atoms in total. The molecule has 0 aromatic heterocycles. The zero-order valence-electron chi connectivity index (χ0n) is 29.6. The van der Waals surface area contributed by atoms with Crippen LogP contribution in [0.1, 0.15) is 103 Å². The van der Waals surface area contributed by atoms with Crippen LogP contribution in [0.3, 0.4) is 0 Å². The maximum atomic E-state index is 14.3. The largest absolute Gasteiger partial charge is 0.444 e. The molecule has 1 aromatic carbocycles. The normalized spacial score (nSPS) is 30.7. The number of hydrogen-bond acceptors (Lipinski definition) is 8. The summed E-state index contributed by atoms with van der Waals surface area (Å²) >= 11 is 1.40. The van der Waals surface area contributed by atoms with Crippen molar-refractivity contribution in [1.82, 2.24) is 25.2 Å². The van der Waals surface area contributed by atoms with Crippen LogP contribution in [0.15, 0.2) is 36.4 Å². The van der Waals surface area contributed by atoms with Crippen LogP contribution >= 0.6 is 11.9 Å². The Labute approximate surface area is 298 Å². The molecule has 1 aromatic rings. The Hall–Kier alpha value is -3.74. The molecule has 272 valence electrons. The zero-order valence-corrected chi connectivity index (χ0v) is 30.4. The minimum atomic E-state index is -1.12. The number of carbonyl (C=O) groups excluding carboxylic acids is 5. The second kappa shape index (κ2) is 14.9. The van der Waals surface area contributed by atoms with Gasteiger partial charge in [0, 0.05) is 30.7 Å². The van der Waals surface area contributed by atoms with E-state index in [-0.39, 0.29) is 30.7 Å². The molecule has 5 amide bonds. The highest BCUT2D eigenvalue weighted by atomic mass is 32.2. The van der Waals surface area contributed by atoms with Gasteiger partial charge in [0.05, 0.1) is 6.54 Å². The average Bonchev–Trinajstić information content (AvgIpc) is 3.97. The molecule has 0 unspecified atom stereocenters. The molecule has 3 N–H and O–H groups in total. The first-order valence-electron chi connectivity index (χ1n) is 18.1. The highest BCUT2D eigenvalue weighted by molar-refractivity contribution is 7.98. The Balaban J connectivity index is 1.23. The molecule has 6 atom stereocenters. The summed E-state index contributed by atoms with van der Waals surface area (Å²) in [5.74, 6) is -1.21. The summed E-state index contributed by atoms with van der Waals surface area (Å²) < 4.78 is 14.5. The zero-order chi connectivity index (χ0) is 35.6. The lowest BCUT2D eigenvalue weighted by atomic mass is 9.91. The second-order valence-electron chi connectivity index (χ2n) is 15.5. The number of ether oxygens (including phenoxy) is 2. The third-order valence-electron chi connectivity index (χ3n) is 10.1. The van der Waals surface area contributed by atoms with Crippen molar-refractivity contribution in [3.05, 3.63) is 47.5 Å². The number of hydrogen-bond donors (Lipinski definition) is 3. The van der Waals surface area contributed by atoms with Crippen molar-refractivity contribution < 1.29 is 33.4 Å². The summed E-state index contributed by atoms with van der Waals surface area (Å²) in [7, 11) is 0. The predicted octanol–water partition coefficient (Wildman–Crippen LogP) is 4.93. The fourth-order valence-corrected chi connectivity index (χ4v) is 8.07. The van der Waals surface area contributed by atoms with Gasteiger partial charge in [0.1, 0.15) is 29.3 Å². The molecule has 13 heteroatoms. The van der Waals surface area contributed by atoms with Crippen molar-refractivity contribution in [3.63, 3.8) is 0 Å². The molecule has 50 heavy (non-hydrogen) atoms. The van der Waals surface area contributed by atoms with Crippen molar-refractivity contribution >= 4 is 41.9 Å². The van der Waals surface area contributed by atoms with Crippen LogP contribution in [0.2, 0.25) is 0 Å². The van der Waals surface area contributed by atoms with Gasteiger partial charge in [0.15, 0.2) is 0 Å². The number of allylic oxidation sites excluding steroid dienone is 1. The number of nitrogens with zero attached hydrogens (tertiary/aromatic N) is 2. The van der Waals surface area contributed by atoms with E-state index in [0.717, 1.165) is 37.7 Å². The third-order valence-corrected chi connectivity index (χ3v) is 11.3. The summed E-state index contributed by atoms with van der Waals surface area (Å²) in [5, 5.41) is 6.20. The topological polar surface area (TPSA) is 146 Å². The quantitative estimate of drug-likeness (QED) is 0.289. The lowest BCUT2D eigenvalue weighted by molar-refractivity contribution is -0.141. The van der Waals surface area contributed by atoms with Gasteiger partial charge in [-0.05, 0) is 88.3 Å². The molecule has 1 saturated heterocycles. The van der Waals surface area contributed by atoms with Crippen LogP contribution < -0.4 is 15.4 Å². The van der Waals surface area contributed by atoms with Gasteiger partial charge >= 0.3 is 12.2 Å². The number of benzene rings is 1. The molecule has 3 heterocycles. The van der Waals surface area contributed by atoms with Gasteiger partial charge in [-0.3, -0.25) is 19.1 Å². The third kappa shape index (κ3) is 8.58. The van der Waals surface area contributed by atoms with Crippen LogP contribution in [0.25, 0.3) is 0 Å². The van der Waals surface area contributed by atoms with E-state index >= 15 is 0 Å². The molecule has 0 radical (unpaired) electrons. The van der Waals surface area contributed by atoms with Gasteiger partial charge in [0.2, 0.25) is 11.8 Å².